The van der Waals surface area contributed by atoms with Gasteiger partial charge in [0.25, 0.3) is 0 Å². The van der Waals surface area contributed by atoms with Gasteiger partial charge in [0.1, 0.15) is 0 Å². The second-order valence-electron chi connectivity index (χ2n) is 6.03. The van der Waals surface area contributed by atoms with Gasteiger partial charge in [0.05, 0.1) is 8.07 Å². The van der Waals surface area contributed by atoms with E-state index in [0.29, 0.717) is 0 Å². The molecule has 0 unspecified atom stereocenters. The van der Waals surface area contributed by atoms with Crippen molar-refractivity contribution in [1.82, 2.24) is 0 Å². The molecule has 0 spiro atoms. The number of hydrogen-bond acceptors (Lipinski definition) is 0. The van der Waals surface area contributed by atoms with Gasteiger partial charge in [0, 0.05) is 0 Å². The van der Waals surface area contributed by atoms with Crippen LogP contribution in [0.2, 0.25) is 12.1 Å². The Bertz CT molecular complexity index is 579. The molecule has 0 fully saturated rings. The van der Waals surface area contributed by atoms with Crippen LogP contribution in [-0.2, 0) is 21.7 Å². The maximum atomic E-state index is 2.39. The normalized spacial score (nSPS) is 9.92. The Hall–Kier alpha value is 0.371. The zero-order chi connectivity index (χ0) is 14.9. The molecule has 0 N–H and O–H groups in total. The van der Waals surface area contributed by atoms with Crippen LogP contribution in [0.1, 0.15) is 36.1 Å². The van der Waals surface area contributed by atoms with Gasteiger partial charge in [-0.25, -0.2) is 0 Å². The number of hydrogen-bond donors (Lipinski definition) is 0. The Balaban J connectivity index is -0.00000110. The van der Waals surface area contributed by atoms with E-state index in [2.05, 4.69) is 71.9 Å². The molecule has 5 heteroatoms. The summed E-state index contributed by atoms with van der Waals surface area (Å²) >= 11 is 0. The quantitative estimate of drug-likeness (QED) is 0.333. The summed E-state index contributed by atoms with van der Waals surface area (Å²) in [5.74, 6) is 0. The van der Waals surface area contributed by atoms with Crippen molar-refractivity contribution in [1.29, 1.82) is 0 Å². The molecule has 0 aliphatic rings. The van der Waals surface area contributed by atoms with Crippen LogP contribution in [0.25, 0.3) is 0 Å². The molecule has 0 aliphatic carbocycles. The third kappa shape index (κ3) is 4.75. The predicted molar refractivity (Wildman–Crippen MR) is 93.4 cm³/mol. The van der Waals surface area contributed by atoms with E-state index in [1.54, 1.807) is 21.5 Å². The molecule has 0 amide bonds. The molecule has 2 rings (SSSR count). The largest absolute Gasteiger partial charge is 4.00 e. The first-order valence-electron chi connectivity index (χ1n) is 7.78. The fraction of sp³-hybridized carbons (Fsp3) is 0.421. The van der Waals surface area contributed by atoms with Crippen molar-refractivity contribution in [3.8, 4) is 0 Å². The fourth-order valence-electron chi connectivity index (χ4n) is 3.85. The van der Waals surface area contributed by atoms with Crippen molar-refractivity contribution in [2.75, 3.05) is 0 Å². The molecule has 2 aromatic carbocycles. The number of halogens is 3. The van der Waals surface area contributed by atoms with Gasteiger partial charge in [-0.1, -0.05) is 89.1 Å². The molecule has 132 valence electrons. The molecule has 0 nitrogen and oxygen atoms in total. The average Bonchev–Trinajstić information content (AvgIpc) is 2.68. The average molecular weight is 438 g/mol. The summed E-state index contributed by atoms with van der Waals surface area (Å²) in [5, 5.41) is 3.31. The summed E-state index contributed by atoms with van der Waals surface area (Å²) in [6.45, 7) is 14.0. The monoisotopic (exact) mass is 436 g/mol. The van der Waals surface area contributed by atoms with Crippen LogP contribution < -0.4 is 47.6 Å². The zero-order valence-corrected chi connectivity index (χ0v) is 20.3. The van der Waals surface area contributed by atoms with Crippen LogP contribution >= 0.6 is 0 Å². The van der Waals surface area contributed by atoms with Crippen LogP contribution in [0.5, 0.6) is 0 Å². The Kier molecular flexibility index (Phi) is 14.4. The SMILES string of the molecule is CC[Si](CC)(c1ccccc1)[c-]1c(C)c(C)c(C)c1C.[Cl-].[Cl-].[Cl-].[Ti+4]. The minimum absolute atomic E-state index is 0. The maximum absolute atomic E-state index is 2.39. The van der Waals surface area contributed by atoms with Gasteiger partial charge < -0.3 is 37.2 Å². The summed E-state index contributed by atoms with van der Waals surface area (Å²) in [4.78, 5) is 0. The van der Waals surface area contributed by atoms with Gasteiger partial charge in [-0.05, 0) is 0 Å². The van der Waals surface area contributed by atoms with E-state index in [4.69, 9.17) is 0 Å². The van der Waals surface area contributed by atoms with E-state index >= 15 is 0 Å². The maximum Gasteiger partial charge on any atom is 4.00 e. The Morgan fingerprint density at radius 1 is 0.750 bits per heavy atom. The van der Waals surface area contributed by atoms with Crippen molar-refractivity contribution in [3.05, 3.63) is 52.6 Å². The van der Waals surface area contributed by atoms with Crippen LogP contribution in [0.15, 0.2) is 30.3 Å². The van der Waals surface area contributed by atoms with Gasteiger partial charge in [-0.15, -0.1) is 5.19 Å². The number of rotatable bonds is 4. The van der Waals surface area contributed by atoms with Gasteiger partial charge >= 0.3 is 21.7 Å². The summed E-state index contributed by atoms with van der Waals surface area (Å²) in [6, 6.07) is 13.8. The Morgan fingerprint density at radius 2 is 1.12 bits per heavy atom. The third-order valence-corrected chi connectivity index (χ3v) is 11.0. The van der Waals surface area contributed by atoms with E-state index in [1.165, 1.54) is 23.2 Å². The molecule has 0 saturated heterocycles. The molecule has 0 aromatic heterocycles. The topological polar surface area (TPSA) is 0 Å². The van der Waals surface area contributed by atoms with Gasteiger partial charge in [-0.3, -0.25) is 0 Å². The van der Waals surface area contributed by atoms with Crippen LogP contribution in [0, 0.1) is 27.7 Å². The second-order valence-corrected chi connectivity index (χ2v) is 10.7. The molecule has 0 aliphatic heterocycles. The number of benzene rings is 1. The van der Waals surface area contributed by atoms with Crippen LogP contribution in [0.3, 0.4) is 0 Å². The predicted octanol–water partition coefficient (Wildman–Crippen LogP) is -4.75. The van der Waals surface area contributed by atoms with Crippen LogP contribution in [0.4, 0.5) is 0 Å². The summed E-state index contributed by atoms with van der Waals surface area (Å²) < 4.78 is 0. The van der Waals surface area contributed by atoms with Gasteiger partial charge in [-0.2, -0.15) is 22.3 Å². The van der Waals surface area contributed by atoms with Crippen molar-refractivity contribution in [2.24, 2.45) is 0 Å². The molecule has 0 bridgehead atoms. The molecule has 0 atom stereocenters. The van der Waals surface area contributed by atoms with Crippen molar-refractivity contribution >= 4 is 18.4 Å². The molecule has 24 heavy (non-hydrogen) atoms. The smallest absolute Gasteiger partial charge is 1.00 e. The van der Waals surface area contributed by atoms with Gasteiger partial charge in [0.15, 0.2) is 0 Å². The van der Waals surface area contributed by atoms with Crippen molar-refractivity contribution < 1.29 is 58.9 Å². The van der Waals surface area contributed by atoms with E-state index in [1.807, 2.05) is 0 Å². The standard InChI is InChI=1S/C19H27Si.3ClH.Ti/c1-7-20(8-2,18-12-10-9-11-13-18)19-16(5)14(3)15(4)17(19)6;;;;/h9-13H,7-8H2,1-6H3;3*1H;/q-1;;;;+4/p-3. The Labute approximate surface area is 182 Å². The zero-order valence-electron chi connectivity index (χ0n) is 15.4. The molecular weight excluding hydrogens is 411 g/mol. The first kappa shape index (κ1) is 29.1. The molecule has 0 saturated carbocycles. The van der Waals surface area contributed by atoms with E-state index in [-0.39, 0.29) is 58.9 Å². The third-order valence-electron chi connectivity index (χ3n) is 5.45. The van der Waals surface area contributed by atoms with Crippen molar-refractivity contribution in [3.63, 3.8) is 0 Å². The summed E-state index contributed by atoms with van der Waals surface area (Å²) in [5.41, 5.74) is 6.12. The van der Waals surface area contributed by atoms with E-state index in [9.17, 15) is 0 Å². The molecule has 0 radical (unpaired) electrons. The van der Waals surface area contributed by atoms with Crippen LogP contribution in [-0.4, -0.2) is 8.07 Å². The summed E-state index contributed by atoms with van der Waals surface area (Å²) in [7, 11) is -1.60. The first-order valence-corrected chi connectivity index (χ1v) is 10.2. The fourth-order valence-corrected chi connectivity index (χ4v) is 8.80. The molecular formula is C19H27Cl3SiTi. The Morgan fingerprint density at radius 3 is 1.46 bits per heavy atom. The minimum Gasteiger partial charge on any atom is -1.00 e. The van der Waals surface area contributed by atoms with Gasteiger partial charge in [0.2, 0.25) is 0 Å². The molecule has 2 aromatic rings. The van der Waals surface area contributed by atoms with E-state index in [0.717, 1.165) is 0 Å². The van der Waals surface area contributed by atoms with Crippen molar-refractivity contribution in [2.45, 2.75) is 53.6 Å². The van der Waals surface area contributed by atoms with E-state index < -0.39 is 8.07 Å². The summed E-state index contributed by atoms with van der Waals surface area (Å²) in [6.07, 6.45) is 0. The molecule has 0 heterocycles. The second kappa shape index (κ2) is 11.9. The minimum atomic E-state index is -1.60. The first-order chi connectivity index (χ1) is 9.49.